The summed E-state index contributed by atoms with van der Waals surface area (Å²) in [4.78, 5) is 0.178. The number of hydrogen-bond donors (Lipinski definition) is 0. The van der Waals surface area contributed by atoms with Gasteiger partial charge in [0, 0.05) is 13.1 Å². The number of rotatable bonds is 6. The first-order valence-electron chi connectivity index (χ1n) is 8.40. The molecule has 0 aromatic heterocycles. The van der Waals surface area contributed by atoms with E-state index in [9.17, 15) is 17.2 Å². The molecule has 0 saturated heterocycles. The average molecular weight is 387 g/mol. The summed E-state index contributed by atoms with van der Waals surface area (Å²) >= 11 is 0. The summed E-state index contributed by atoms with van der Waals surface area (Å²) in [5.74, 6) is -0.768. The van der Waals surface area contributed by atoms with Crippen LogP contribution < -0.4 is 0 Å². The van der Waals surface area contributed by atoms with E-state index in [0.717, 1.165) is 5.56 Å². The molecule has 3 aromatic rings. The SMILES string of the molecule is Cc1ccc(S(=O)(=O)N(Cc2ccc(F)cc2)Cc2ccc(F)cc2)cc1. The zero-order valence-electron chi connectivity index (χ0n) is 14.8. The third-order valence-electron chi connectivity index (χ3n) is 4.20. The molecule has 27 heavy (non-hydrogen) atoms. The van der Waals surface area contributed by atoms with Gasteiger partial charge in [0.2, 0.25) is 10.0 Å². The summed E-state index contributed by atoms with van der Waals surface area (Å²) in [6, 6.07) is 18.0. The fourth-order valence-electron chi connectivity index (χ4n) is 2.67. The molecular formula is C21H19F2NO2S. The summed E-state index contributed by atoms with van der Waals surface area (Å²) < 4.78 is 54.0. The predicted molar refractivity (Wildman–Crippen MR) is 100 cm³/mol. The first kappa shape index (κ1) is 19.2. The smallest absolute Gasteiger partial charge is 0.207 e. The highest BCUT2D eigenvalue weighted by atomic mass is 32.2. The van der Waals surface area contributed by atoms with E-state index in [4.69, 9.17) is 0 Å². The molecule has 0 N–H and O–H groups in total. The van der Waals surface area contributed by atoms with Crippen molar-refractivity contribution >= 4 is 10.0 Å². The lowest BCUT2D eigenvalue weighted by atomic mass is 10.2. The number of nitrogens with zero attached hydrogens (tertiary/aromatic N) is 1. The van der Waals surface area contributed by atoms with Crippen LogP contribution in [0.15, 0.2) is 77.7 Å². The summed E-state index contributed by atoms with van der Waals surface area (Å²) in [7, 11) is -3.79. The van der Waals surface area contributed by atoms with Crippen LogP contribution in [0.5, 0.6) is 0 Å². The largest absolute Gasteiger partial charge is 0.243 e. The van der Waals surface area contributed by atoms with Crippen molar-refractivity contribution in [1.82, 2.24) is 4.31 Å². The maximum absolute atomic E-state index is 13.2. The molecule has 0 saturated carbocycles. The number of aryl methyl sites for hydroxylation is 1. The molecule has 0 radical (unpaired) electrons. The molecule has 0 spiro atoms. The Morgan fingerprint density at radius 1 is 0.704 bits per heavy atom. The Bertz CT molecular complexity index is 952. The molecule has 0 aliphatic rings. The van der Waals surface area contributed by atoms with Crippen molar-refractivity contribution in [2.45, 2.75) is 24.9 Å². The summed E-state index contributed by atoms with van der Waals surface area (Å²) in [6.07, 6.45) is 0. The highest BCUT2D eigenvalue weighted by molar-refractivity contribution is 7.89. The number of benzene rings is 3. The maximum atomic E-state index is 13.2. The molecule has 140 valence electrons. The van der Waals surface area contributed by atoms with Gasteiger partial charge in [0.1, 0.15) is 11.6 Å². The third-order valence-corrected chi connectivity index (χ3v) is 6.01. The molecule has 6 heteroatoms. The van der Waals surface area contributed by atoms with E-state index in [0.29, 0.717) is 11.1 Å². The maximum Gasteiger partial charge on any atom is 0.243 e. The minimum Gasteiger partial charge on any atom is -0.207 e. The number of halogens is 2. The van der Waals surface area contributed by atoms with Crippen LogP contribution in [0.3, 0.4) is 0 Å². The highest BCUT2D eigenvalue weighted by Gasteiger charge is 2.25. The van der Waals surface area contributed by atoms with Crippen LogP contribution in [0.4, 0.5) is 8.78 Å². The van der Waals surface area contributed by atoms with Crippen LogP contribution in [-0.4, -0.2) is 12.7 Å². The predicted octanol–water partition coefficient (Wildman–Crippen LogP) is 4.66. The topological polar surface area (TPSA) is 37.4 Å². The lowest BCUT2D eigenvalue weighted by Crippen LogP contribution is -2.30. The van der Waals surface area contributed by atoms with Gasteiger partial charge in [0.25, 0.3) is 0 Å². The molecule has 0 heterocycles. The van der Waals surface area contributed by atoms with E-state index in [1.807, 2.05) is 6.92 Å². The van der Waals surface area contributed by atoms with Gasteiger partial charge in [-0.25, -0.2) is 17.2 Å². The van der Waals surface area contributed by atoms with Crippen LogP contribution in [0.1, 0.15) is 16.7 Å². The monoisotopic (exact) mass is 387 g/mol. The van der Waals surface area contributed by atoms with Crippen molar-refractivity contribution in [3.05, 3.63) is 101 Å². The molecule has 0 bridgehead atoms. The van der Waals surface area contributed by atoms with Gasteiger partial charge in [-0.2, -0.15) is 4.31 Å². The van der Waals surface area contributed by atoms with Crippen LogP contribution in [0.2, 0.25) is 0 Å². The first-order valence-corrected chi connectivity index (χ1v) is 9.84. The Balaban J connectivity index is 1.95. The Morgan fingerprint density at radius 3 is 1.52 bits per heavy atom. The summed E-state index contributed by atoms with van der Waals surface area (Å²) in [5, 5.41) is 0. The van der Waals surface area contributed by atoms with Crippen molar-refractivity contribution in [2.75, 3.05) is 0 Å². The van der Waals surface area contributed by atoms with Crippen molar-refractivity contribution in [3.63, 3.8) is 0 Å². The number of sulfonamides is 1. The fourth-order valence-corrected chi connectivity index (χ4v) is 4.09. The van der Waals surface area contributed by atoms with E-state index in [1.165, 1.54) is 28.6 Å². The quantitative estimate of drug-likeness (QED) is 0.617. The van der Waals surface area contributed by atoms with Crippen molar-refractivity contribution in [3.8, 4) is 0 Å². The third kappa shape index (κ3) is 4.78. The van der Waals surface area contributed by atoms with Crippen LogP contribution in [0, 0.1) is 18.6 Å². The Hall–Kier alpha value is -2.57. The average Bonchev–Trinajstić information content (AvgIpc) is 2.65. The van der Waals surface area contributed by atoms with Crippen molar-refractivity contribution in [2.24, 2.45) is 0 Å². The highest BCUT2D eigenvalue weighted by Crippen LogP contribution is 2.22. The molecule has 0 unspecified atom stereocenters. The van der Waals surface area contributed by atoms with Gasteiger partial charge in [-0.3, -0.25) is 0 Å². The summed E-state index contributed by atoms with van der Waals surface area (Å²) in [5.41, 5.74) is 2.28. The zero-order valence-corrected chi connectivity index (χ0v) is 15.6. The van der Waals surface area contributed by atoms with Gasteiger partial charge < -0.3 is 0 Å². The molecule has 0 amide bonds. The van der Waals surface area contributed by atoms with Gasteiger partial charge in [0.05, 0.1) is 4.90 Å². The normalized spacial score (nSPS) is 11.7. The van der Waals surface area contributed by atoms with Gasteiger partial charge in [-0.1, -0.05) is 42.0 Å². The Morgan fingerprint density at radius 2 is 1.11 bits per heavy atom. The minimum atomic E-state index is -3.79. The van der Waals surface area contributed by atoms with Crippen LogP contribution in [-0.2, 0) is 23.1 Å². The Kier molecular flexibility index (Phi) is 5.68. The second-order valence-electron chi connectivity index (χ2n) is 6.34. The number of hydrogen-bond acceptors (Lipinski definition) is 2. The van der Waals surface area contributed by atoms with E-state index in [1.54, 1.807) is 48.5 Å². The second-order valence-corrected chi connectivity index (χ2v) is 8.28. The lowest BCUT2D eigenvalue weighted by molar-refractivity contribution is 0.400. The molecule has 3 aromatic carbocycles. The van der Waals surface area contributed by atoms with Crippen molar-refractivity contribution < 1.29 is 17.2 Å². The molecule has 0 atom stereocenters. The van der Waals surface area contributed by atoms with E-state index < -0.39 is 10.0 Å². The standard InChI is InChI=1S/C21H19F2NO2S/c1-16-2-12-21(13-3-16)27(25,26)24(14-17-4-8-19(22)9-5-17)15-18-6-10-20(23)11-7-18/h2-13H,14-15H2,1H3. The molecule has 3 rings (SSSR count). The lowest BCUT2D eigenvalue weighted by Gasteiger charge is -2.23. The van der Waals surface area contributed by atoms with Gasteiger partial charge >= 0.3 is 0 Å². The first-order chi connectivity index (χ1) is 12.8. The zero-order chi connectivity index (χ0) is 19.4. The van der Waals surface area contributed by atoms with Crippen molar-refractivity contribution in [1.29, 1.82) is 0 Å². The van der Waals surface area contributed by atoms with Gasteiger partial charge in [0.15, 0.2) is 0 Å². The molecule has 0 fully saturated rings. The minimum absolute atomic E-state index is 0.0772. The van der Waals surface area contributed by atoms with Crippen LogP contribution in [0.25, 0.3) is 0 Å². The fraction of sp³-hybridized carbons (Fsp3) is 0.143. The molecule has 0 aliphatic carbocycles. The van der Waals surface area contributed by atoms with Gasteiger partial charge in [-0.05, 0) is 54.4 Å². The molecular weight excluding hydrogens is 368 g/mol. The molecule has 3 nitrogen and oxygen atoms in total. The van der Waals surface area contributed by atoms with E-state index >= 15 is 0 Å². The van der Waals surface area contributed by atoms with Crippen LogP contribution >= 0.6 is 0 Å². The summed E-state index contributed by atoms with van der Waals surface area (Å²) in [6.45, 7) is 2.03. The molecule has 0 aliphatic heterocycles. The van der Waals surface area contributed by atoms with Gasteiger partial charge in [-0.15, -0.1) is 0 Å². The van der Waals surface area contributed by atoms with E-state index in [2.05, 4.69) is 0 Å². The second kappa shape index (κ2) is 7.98. The van der Waals surface area contributed by atoms with E-state index in [-0.39, 0.29) is 29.6 Å². The Labute approximate surface area is 157 Å².